The molecular weight excluding hydrogens is 266 g/mol. The monoisotopic (exact) mass is 277 g/mol. The van der Waals surface area contributed by atoms with E-state index < -0.39 is 0 Å². The highest BCUT2D eigenvalue weighted by atomic mass is 15.1. The molecule has 2 aromatic heterocycles. The van der Waals surface area contributed by atoms with Crippen LogP contribution in [0.3, 0.4) is 0 Å². The SMILES string of the molecule is N=C(C#Cc1ccc2cn[nH]c2c1)c1c(N)ncnc1N. The zero-order chi connectivity index (χ0) is 14.8. The van der Waals surface area contributed by atoms with E-state index in [4.69, 9.17) is 16.9 Å². The summed E-state index contributed by atoms with van der Waals surface area (Å²) in [5.74, 6) is 5.89. The lowest BCUT2D eigenvalue weighted by atomic mass is 10.1. The zero-order valence-corrected chi connectivity index (χ0v) is 10.9. The number of aromatic amines is 1. The summed E-state index contributed by atoms with van der Waals surface area (Å²) in [6, 6.07) is 5.62. The fourth-order valence-electron chi connectivity index (χ4n) is 1.88. The second-order valence-corrected chi connectivity index (χ2v) is 4.32. The Balaban J connectivity index is 1.94. The van der Waals surface area contributed by atoms with Crippen LogP contribution >= 0.6 is 0 Å². The molecule has 0 radical (unpaired) electrons. The van der Waals surface area contributed by atoms with Gasteiger partial charge in [-0.15, -0.1) is 0 Å². The first kappa shape index (κ1) is 12.6. The van der Waals surface area contributed by atoms with Crippen molar-refractivity contribution in [3.05, 3.63) is 41.9 Å². The molecular formula is C14H11N7. The van der Waals surface area contributed by atoms with Crippen molar-refractivity contribution >= 4 is 28.3 Å². The summed E-state index contributed by atoms with van der Waals surface area (Å²) < 4.78 is 0. The molecule has 0 aliphatic heterocycles. The summed E-state index contributed by atoms with van der Waals surface area (Å²) in [5.41, 5.74) is 13.3. The predicted octanol–water partition coefficient (Wildman–Crippen LogP) is 0.937. The van der Waals surface area contributed by atoms with Crippen LogP contribution < -0.4 is 11.5 Å². The maximum absolute atomic E-state index is 7.96. The molecule has 21 heavy (non-hydrogen) atoms. The molecule has 0 aliphatic rings. The van der Waals surface area contributed by atoms with E-state index in [0.29, 0.717) is 0 Å². The highest BCUT2D eigenvalue weighted by Gasteiger charge is 2.10. The van der Waals surface area contributed by atoms with Gasteiger partial charge in [0.05, 0.1) is 17.3 Å². The molecule has 6 N–H and O–H groups in total. The second kappa shape index (κ2) is 4.94. The fourth-order valence-corrected chi connectivity index (χ4v) is 1.88. The van der Waals surface area contributed by atoms with Crippen molar-refractivity contribution in [1.29, 1.82) is 5.41 Å². The van der Waals surface area contributed by atoms with Crippen LogP contribution in [0, 0.1) is 17.3 Å². The number of nitrogen functional groups attached to an aromatic ring is 2. The number of H-pyrrole nitrogens is 1. The van der Waals surface area contributed by atoms with Crippen molar-refractivity contribution < 1.29 is 0 Å². The quantitative estimate of drug-likeness (QED) is 0.388. The van der Waals surface area contributed by atoms with E-state index in [1.807, 2.05) is 18.2 Å². The highest BCUT2D eigenvalue weighted by Crippen LogP contribution is 2.15. The third-order valence-corrected chi connectivity index (χ3v) is 2.93. The van der Waals surface area contributed by atoms with Gasteiger partial charge in [0.1, 0.15) is 23.7 Å². The Morgan fingerprint density at radius 3 is 2.71 bits per heavy atom. The lowest BCUT2D eigenvalue weighted by molar-refractivity contribution is 1.12. The molecule has 0 unspecified atom stereocenters. The second-order valence-electron chi connectivity index (χ2n) is 4.32. The van der Waals surface area contributed by atoms with Crippen LogP contribution in [0.15, 0.2) is 30.7 Å². The first-order chi connectivity index (χ1) is 10.1. The van der Waals surface area contributed by atoms with Crippen molar-refractivity contribution in [2.24, 2.45) is 0 Å². The first-order valence-corrected chi connectivity index (χ1v) is 6.05. The topological polar surface area (TPSA) is 130 Å². The van der Waals surface area contributed by atoms with E-state index in [0.717, 1.165) is 16.5 Å². The van der Waals surface area contributed by atoms with Gasteiger partial charge in [-0.1, -0.05) is 5.92 Å². The van der Waals surface area contributed by atoms with Crippen LogP contribution in [0.25, 0.3) is 10.9 Å². The number of nitrogens with two attached hydrogens (primary N) is 2. The molecule has 0 aliphatic carbocycles. The minimum Gasteiger partial charge on any atom is -0.383 e. The average molecular weight is 277 g/mol. The molecule has 102 valence electrons. The predicted molar refractivity (Wildman–Crippen MR) is 80.7 cm³/mol. The van der Waals surface area contributed by atoms with Gasteiger partial charge in [0.25, 0.3) is 0 Å². The zero-order valence-electron chi connectivity index (χ0n) is 10.9. The molecule has 0 saturated carbocycles. The Kier molecular flexibility index (Phi) is 2.97. The summed E-state index contributed by atoms with van der Waals surface area (Å²) in [5, 5.41) is 15.8. The molecule has 3 rings (SSSR count). The van der Waals surface area contributed by atoms with Gasteiger partial charge in [-0.05, 0) is 24.1 Å². The lowest BCUT2D eigenvalue weighted by Crippen LogP contribution is -2.09. The third kappa shape index (κ3) is 2.37. The van der Waals surface area contributed by atoms with Crippen molar-refractivity contribution in [3.63, 3.8) is 0 Å². The molecule has 1 aromatic carbocycles. The van der Waals surface area contributed by atoms with Crippen molar-refractivity contribution in [2.45, 2.75) is 0 Å². The number of rotatable bonds is 1. The Morgan fingerprint density at radius 2 is 1.95 bits per heavy atom. The van der Waals surface area contributed by atoms with Crippen molar-refractivity contribution in [3.8, 4) is 11.8 Å². The van der Waals surface area contributed by atoms with Gasteiger partial charge in [-0.2, -0.15) is 5.10 Å². The number of hydrogen-bond acceptors (Lipinski definition) is 6. The molecule has 2 heterocycles. The Morgan fingerprint density at radius 1 is 1.19 bits per heavy atom. The smallest absolute Gasteiger partial charge is 0.139 e. The standard InChI is InChI=1S/C14H11N7/c15-10(12-13(16)18-7-19-14(12)17)4-2-8-1-3-9-6-20-21-11(9)5-8/h1,3,5-7,15H,(H,20,21)(H4,16,17,18,19). The van der Waals surface area contributed by atoms with E-state index in [9.17, 15) is 0 Å². The fraction of sp³-hybridized carbons (Fsp3) is 0. The Hall–Kier alpha value is -3.40. The van der Waals surface area contributed by atoms with Gasteiger partial charge in [-0.3, -0.25) is 10.5 Å². The van der Waals surface area contributed by atoms with Crippen LogP contribution in [-0.4, -0.2) is 25.9 Å². The molecule has 0 bridgehead atoms. The lowest BCUT2D eigenvalue weighted by Gasteiger charge is -2.03. The normalized spacial score (nSPS) is 10.1. The minimum absolute atomic E-state index is 0.0182. The molecule has 0 fully saturated rings. The maximum Gasteiger partial charge on any atom is 0.139 e. The van der Waals surface area contributed by atoms with Gasteiger partial charge in [0, 0.05) is 10.9 Å². The van der Waals surface area contributed by atoms with Crippen LogP contribution in [0.2, 0.25) is 0 Å². The summed E-state index contributed by atoms with van der Waals surface area (Å²) in [7, 11) is 0. The van der Waals surface area contributed by atoms with E-state index in [1.165, 1.54) is 6.33 Å². The molecule has 0 amide bonds. The largest absolute Gasteiger partial charge is 0.383 e. The summed E-state index contributed by atoms with van der Waals surface area (Å²) in [6.45, 7) is 0. The number of nitrogens with one attached hydrogen (secondary N) is 2. The van der Waals surface area contributed by atoms with Crippen molar-refractivity contribution in [2.75, 3.05) is 11.5 Å². The molecule has 7 nitrogen and oxygen atoms in total. The van der Waals surface area contributed by atoms with Crippen molar-refractivity contribution in [1.82, 2.24) is 20.2 Å². The summed E-state index contributed by atoms with van der Waals surface area (Å²) in [6.07, 6.45) is 2.98. The number of aromatic nitrogens is 4. The molecule has 3 aromatic rings. The minimum atomic E-state index is -0.0182. The number of anilines is 2. The van der Waals surface area contributed by atoms with E-state index in [2.05, 4.69) is 32.0 Å². The Labute approximate surface area is 119 Å². The summed E-state index contributed by atoms with van der Waals surface area (Å²) in [4.78, 5) is 7.63. The highest BCUT2D eigenvalue weighted by molar-refractivity contribution is 6.16. The van der Waals surface area contributed by atoms with Crippen LogP contribution in [0.5, 0.6) is 0 Å². The number of nitrogens with zero attached hydrogens (tertiary/aromatic N) is 3. The van der Waals surface area contributed by atoms with Gasteiger partial charge in [0.2, 0.25) is 0 Å². The third-order valence-electron chi connectivity index (χ3n) is 2.93. The van der Waals surface area contributed by atoms with Crippen LogP contribution in [0.1, 0.15) is 11.1 Å². The first-order valence-electron chi connectivity index (χ1n) is 6.05. The Bertz CT molecular complexity index is 878. The average Bonchev–Trinajstić information content (AvgIpc) is 2.92. The number of benzene rings is 1. The summed E-state index contributed by atoms with van der Waals surface area (Å²) >= 11 is 0. The maximum atomic E-state index is 7.96. The van der Waals surface area contributed by atoms with Crippen LogP contribution in [-0.2, 0) is 0 Å². The van der Waals surface area contributed by atoms with Crippen LogP contribution in [0.4, 0.5) is 11.6 Å². The van der Waals surface area contributed by atoms with E-state index >= 15 is 0 Å². The number of hydrogen-bond donors (Lipinski definition) is 4. The molecule has 0 atom stereocenters. The molecule has 0 saturated heterocycles. The number of fused-ring (bicyclic) bond motifs is 1. The van der Waals surface area contributed by atoms with Gasteiger partial charge < -0.3 is 11.5 Å². The van der Waals surface area contributed by atoms with E-state index in [-0.39, 0.29) is 22.9 Å². The van der Waals surface area contributed by atoms with Gasteiger partial charge >= 0.3 is 0 Å². The molecule has 7 heteroatoms. The van der Waals surface area contributed by atoms with E-state index in [1.54, 1.807) is 6.20 Å². The van der Waals surface area contributed by atoms with Gasteiger partial charge in [0.15, 0.2) is 0 Å². The van der Waals surface area contributed by atoms with Gasteiger partial charge in [-0.25, -0.2) is 9.97 Å². The molecule has 0 spiro atoms.